The second-order valence-corrected chi connectivity index (χ2v) is 7.95. The van der Waals surface area contributed by atoms with Crippen LogP contribution in [0.5, 0.6) is 0 Å². The number of hydrogen-bond donors (Lipinski definition) is 2. The molecule has 1 saturated carbocycles. The molecule has 1 aromatic carbocycles. The molecule has 0 aromatic heterocycles. The Labute approximate surface area is 144 Å². The van der Waals surface area contributed by atoms with Crippen LogP contribution in [-0.4, -0.2) is 44.4 Å². The Bertz CT molecular complexity index is 646. The van der Waals surface area contributed by atoms with Crippen molar-refractivity contribution < 1.29 is 13.2 Å². The molecule has 0 unspecified atom stereocenters. The molecule has 3 N–H and O–H groups in total. The van der Waals surface area contributed by atoms with E-state index < -0.39 is 10.0 Å². The fourth-order valence-corrected chi connectivity index (χ4v) is 4.30. The van der Waals surface area contributed by atoms with Gasteiger partial charge in [-0.3, -0.25) is 4.79 Å². The highest BCUT2D eigenvalue weighted by molar-refractivity contribution is 7.89. The van der Waals surface area contributed by atoms with E-state index in [1.807, 2.05) is 13.8 Å². The molecule has 1 aliphatic carbocycles. The molecule has 2 rings (SSSR count). The van der Waals surface area contributed by atoms with E-state index in [0.717, 1.165) is 25.7 Å². The highest BCUT2D eigenvalue weighted by Gasteiger charge is 2.24. The second-order valence-electron chi connectivity index (χ2n) is 6.23. The van der Waals surface area contributed by atoms with E-state index in [0.29, 0.717) is 18.7 Å². The Hall–Kier alpha value is -1.44. The van der Waals surface area contributed by atoms with Gasteiger partial charge in [0.25, 0.3) is 5.91 Å². The number of nitrogens with one attached hydrogen (secondary N) is 1. The number of hydrogen-bond acceptors (Lipinski definition) is 4. The quantitative estimate of drug-likeness (QED) is 0.814. The molecule has 1 aromatic rings. The summed E-state index contributed by atoms with van der Waals surface area (Å²) in [6.07, 6.45) is 3.20. The third-order valence-electron chi connectivity index (χ3n) is 4.56. The van der Waals surface area contributed by atoms with E-state index in [4.69, 9.17) is 5.73 Å². The minimum absolute atomic E-state index is 0.0632. The molecule has 1 aliphatic rings. The molecule has 0 radical (unpaired) electrons. The number of nitrogens with two attached hydrogens (primary N) is 1. The van der Waals surface area contributed by atoms with Gasteiger partial charge in [0.05, 0.1) is 4.90 Å². The monoisotopic (exact) mass is 353 g/mol. The van der Waals surface area contributed by atoms with Crippen LogP contribution in [0.3, 0.4) is 0 Å². The molecule has 1 fully saturated rings. The van der Waals surface area contributed by atoms with E-state index >= 15 is 0 Å². The SMILES string of the molecule is CCN(CC)C(=O)c1ccc(S(=O)(=O)NC2CCC(N)CC2)cc1. The molecule has 0 bridgehead atoms. The average molecular weight is 353 g/mol. The number of rotatable bonds is 6. The van der Waals surface area contributed by atoms with Crippen molar-refractivity contribution in [3.8, 4) is 0 Å². The first kappa shape index (κ1) is 18.9. The van der Waals surface area contributed by atoms with Gasteiger partial charge >= 0.3 is 0 Å². The van der Waals surface area contributed by atoms with Crippen LogP contribution in [-0.2, 0) is 10.0 Å². The molecule has 6 nitrogen and oxygen atoms in total. The van der Waals surface area contributed by atoms with Crippen LogP contribution in [0, 0.1) is 0 Å². The fourth-order valence-electron chi connectivity index (χ4n) is 2.99. The third kappa shape index (κ3) is 4.55. The number of carbonyl (C=O) groups excluding carboxylic acids is 1. The standard InChI is InChI=1S/C17H27N3O3S/c1-3-20(4-2)17(21)13-5-11-16(12-6-13)24(22,23)19-15-9-7-14(18)8-10-15/h5-6,11-12,14-15,19H,3-4,7-10,18H2,1-2H3. The molecule has 0 saturated heterocycles. The van der Waals surface area contributed by atoms with Crippen LogP contribution < -0.4 is 10.5 Å². The van der Waals surface area contributed by atoms with Gasteiger partial charge in [-0.05, 0) is 63.8 Å². The molecule has 24 heavy (non-hydrogen) atoms. The normalized spacial score (nSPS) is 21.5. The molecule has 0 atom stereocenters. The van der Waals surface area contributed by atoms with E-state index in [1.54, 1.807) is 17.0 Å². The summed E-state index contributed by atoms with van der Waals surface area (Å²) >= 11 is 0. The lowest BCUT2D eigenvalue weighted by Crippen LogP contribution is -2.40. The van der Waals surface area contributed by atoms with Gasteiger partial charge in [0, 0.05) is 30.7 Å². The molecule has 1 amide bonds. The van der Waals surface area contributed by atoms with Crippen molar-refractivity contribution in [2.75, 3.05) is 13.1 Å². The molecule has 0 aliphatic heterocycles. The molecular formula is C17H27N3O3S. The van der Waals surface area contributed by atoms with Gasteiger partial charge in [-0.15, -0.1) is 0 Å². The number of benzene rings is 1. The summed E-state index contributed by atoms with van der Waals surface area (Å²) in [4.78, 5) is 14.2. The number of sulfonamides is 1. The first-order valence-corrected chi connectivity index (χ1v) is 10.0. The average Bonchev–Trinajstić information content (AvgIpc) is 2.58. The molecule has 0 spiro atoms. The Morgan fingerprint density at radius 2 is 1.67 bits per heavy atom. The van der Waals surface area contributed by atoms with Crippen molar-refractivity contribution in [2.45, 2.75) is 56.5 Å². The van der Waals surface area contributed by atoms with Crippen molar-refractivity contribution in [3.63, 3.8) is 0 Å². The van der Waals surface area contributed by atoms with Gasteiger partial charge in [-0.2, -0.15) is 0 Å². The zero-order chi connectivity index (χ0) is 17.7. The summed E-state index contributed by atoms with van der Waals surface area (Å²) in [6, 6.07) is 6.25. The first-order chi connectivity index (χ1) is 11.4. The van der Waals surface area contributed by atoms with Crippen LogP contribution >= 0.6 is 0 Å². The zero-order valence-electron chi connectivity index (χ0n) is 14.4. The Morgan fingerprint density at radius 1 is 1.12 bits per heavy atom. The maximum atomic E-state index is 12.5. The number of amides is 1. The van der Waals surface area contributed by atoms with Crippen LogP contribution in [0.1, 0.15) is 49.9 Å². The van der Waals surface area contributed by atoms with Gasteiger partial charge in [0.15, 0.2) is 0 Å². The number of nitrogens with zero attached hydrogens (tertiary/aromatic N) is 1. The van der Waals surface area contributed by atoms with Crippen LogP contribution in [0.15, 0.2) is 29.2 Å². The molecule has 7 heteroatoms. The van der Waals surface area contributed by atoms with Crippen molar-refractivity contribution in [1.29, 1.82) is 0 Å². The fraction of sp³-hybridized carbons (Fsp3) is 0.588. The van der Waals surface area contributed by atoms with Gasteiger partial charge < -0.3 is 10.6 Å². The Balaban J connectivity index is 2.07. The lowest BCUT2D eigenvalue weighted by atomic mass is 9.93. The third-order valence-corrected chi connectivity index (χ3v) is 6.09. The maximum Gasteiger partial charge on any atom is 0.253 e. The largest absolute Gasteiger partial charge is 0.339 e. The van der Waals surface area contributed by atoms with Crippen LogP contribution in [0.2, 0.25) is 0 Å². The van der Waals surface area contributed by atoms with Gasteiger partial charge in [-0.1, -0.05) is 0 Å². The van der Waals surface area contributed by atoms with Gasteiger partial charge in [-0.25, -0.2) is 13.1 Å². The Morgan fingerprint density at radius 3 is 2.17 bits per heavy atom. The van der Waals surface area contributed by atoms with Crippen molar-refractivity contribution in [2.24, 2.45) is 5.73 Å². The summed E-state index contributed by atoms with van der Waals surface area (Å²) in [5.41, 5.74) is 6.35. The summed E-state index contributed by atoms with van der Waals surface area (Å²) in [6.45, 7) is 5.09. The predicted molar refractivity (Wildman–Crippen MR) is 94.2 cm³/mol. The van der Waals surface area contributed by atoms with E-state index in [2.05, 4.69) is 4.72 Å². The van der Waals surface area contributed by atoms with Crippen molar-refractivity contribution >= 4 is 15.9 Å². The van der Waals surface area contributed by atoms with E-state index in [1.165, 1.54) is 12.1 Å². The highest BCUT2D eigenvalue weighted by atomic mass is 32.2. The first-order valence-electron chi connectivity index (χ1n) is 8.54. The molecular weight excluding hydrogens is 326 g/mol. The smallest absolute Gasteiger partial charge is 0.253 e. The minimum Gasteiger partial charge on any atom is -0.339 e. The minimum atomic E-state index is -3.57. The zero-order valence-corrected chi connectivity index (χ0v) is 15.2. The van der Waals surface area contributed by atoms with E-state index in [-0.39, 0.29) is 22.9 Å². The van der Waals surface area contributed by atoms with E-state index in [9.17, 15) is 13.2 Å². The highest BCUT2D eigenvalue weighted by Crippen LogP contribution is 2.20. The van der Waals surface area contributed by atoms with Gasteiger partial charge in [0.1, 0.15) is 0 Å². The topological polar surface area (TPSA) is 92.5 Å². The predicted octanol–water partition coefficient (Wildman–Crippen LogP) is 1.72. The molecule has 134 valence electrons. The van der Waals surface area contributed by atoms with Crippen molar-refractivity contribution in [1.82, 2.24) is 9.62 Å². The summed E-state index contributed by atoms with van der Waals surface area (Å²) in [5.74, 6) is -0.0850. The summed E-state index contributed by atoms with van der Waals surface area (Å²) in [7, 11) is -3.57. The Kier molecular flexibility index (Phi) is 6.37. The number of carbonyl (C=O) groups is 1. The lowest BCUT2D eigenvalue weighted by Gasteiger charge is -2.26. The summed E-state index contributed by atoms with van der Waals surface area (Å²) in [5, 5.41) is 0. The second kappa shape index (κ2) is 8.09. The molecule has 0 heterocycles. The maximum absolute atomic E-state index is 12.5. The lowest BCUT2D eigenvalue weighted by molar-refractivity contribution is 0.0773. The summed E-state index contributed by atoms with van der Waals surface area (Å²) < 4.78 is 27.7. The van der Waals surface area contributed by atoms with Crippen LogP contribution in [0.4, 0.5) is 0 Å². The van der Waals surface area contributed by atoms with Crippen molar-refractivity contribution in [3.05, 3.63) is 29.8 Å². The van der Waals surface area contributed by atoms with Crippen LogP contribution in [0.25, 0.3) is 0 Å². The van der Waals surface area contributed by atoms with Gasteiger partial charge in [0.2, 0.25) is 10.0 Å².